The van der Waals surface area contributed by atoms with E-state index in [1.807, 2.05) is 36.5 Å². The third-order valence-corrected chi connectivity index (χ3v) is 5.78. The first-order valence-corrected chi connectivity index (χ1v) is 9.59. The zero-order chi connectivity index (χ0) is 18.2. The summed E-state index contributed by atoms with van der Waals surface area (Å²) >= 11 is 0. The number of piperidine rings is 1. The molecule has 3 saturated heterocycles. The number of hydrogen-bond acceptors (Lipinski definition) is 5. The monoisotopic (exact) mass is 365 g/mol. The molecule has 27 heavy (non-hydrogen) atoms. The zero-order valence-electron chi connectivity index (χ0n) is 15.2. The standard InChI is InChI=1S/C21H23N3O3/c25-21(16-5-7-19-20(9-16)27-14-26-19)24-11-15-4-6-18(24)13-23(10-15)12-17-3-1-2-8-22-17/h1-3,5,7-9,15,18H,4,6,10-14H2/t15-,18+/m1/s1. The van der Waals surface area contributed by atoms with E-state index in [1.54, 1.807) is 0 Å². The molecule has 2 aromatic rings. The van der Waals surface area contributed by atoms with E-state index in [1.165, 1.54) is 6.42 Å². The molecule has 3 fully saturated rings. The predicted octanol–water partition coefficient (Wildman–Crippen LogP) is 2.55. The molecule has 0 saturated carbocycles. The normalized spacial score (nSPS) is 24.1. The summed E-state index contributed by atoms with van der Waals surface area (Å²) in [6, 6.07) is 11.8. The van der Waals surface area contributed by atoms with Crippen LogP contribution >= 0.6 is 0 Å². The minimum atomic E-state index is 0.0997. The van der Waals surface area contributed by atoms with Crippen LogP contribution in [-0.4, -0.2) is 53.2 Å². The van der Waals surface area contributed by atoms with Crippen molar-refractivity contribution >= 4 is 5.91 Å². The molecule has 6 heteroatoms. The Morgan fingerprint density at radius 2 is 2.00 bits per heavy atom. The molecule has 1 aromatic heterocycles. The molecule has 0 radical (unpaired) electrons. The average Bonchev–Trinajstić information content (AvgIpc) is 3.00. The van der Waals surface area contributed by atoms with Gasteiger partial charge in [-0.15, -0.1) is 0 Å². The number of amides is 1. The number of nitrogens with zero attached hydrogens (tertiary/aromatic N) is 3. The van der Waals surface area contributed by atoms with Gasteiger partial charge in [0.25, 0.3) is 5.91 Å². The van der Waals surface area contributed by atoms with Gasteiger partial charge in [-0.3, -0.25) is 14.7 Å². The summed E-state index contributed by atoms with van der Waals surface area (Å²) in [6.07, 6.45) is 4.10. The number of carbonyl (C=O) groups excluding carboxylic acids is 1. The van der Waals surface area contributed by atoms with Gasteiger partial charge in [0.15, 0.2) is 11.5 Å². The van der Waals surface area contributed by atoms with Crippen LogP contribution in [0.1, 0.15) is 28.9 Å². The summed E-state index contributed by atoms with van der Waals surface area (Å²) in [5, 5.41) is 0. The Labute approximate surface area is 158 Å². The van der Waals surface area contributed by atoms with Crippen LogP contribution in [0.25, 0.3) is 0 Å². The molecular formula is C21H23N3O3. The van der Waals surface area contributed by atoms with Crippen molar-refractivity contribution in [2.45, 2.75) is 25.4 Å². The smallest absolute Gasteiger partial charge is 0.254 e. The highest BCUT2D eigenvalue weighted by Gasteiger charge is 2.37. The topological polar surface area (TPSA) is 54.9 Å². The van der Waals surface area contributed by atoms with E-state index in [0.717, 1.165) is 38.3 Å². The number of rotatable bonds is 3. The number of fused-ring (bicyclic) bond motifs is 5. The van der Waals surface area contributed by atoms with E-state index in [4.69, 9.17) is 9.47 Å². The predicted molar refractivity (Wildman–Crippen MR) is 99.6 cm³/mol. The second kappa shape index (κ2) is 6.85. The average molecular weight is 365 g/mol. The van der Waals surface area contributed by atoms with Crippen molar-refractivity contribution < 1.29 is 14.3 Å². The van der Waals surface area contributed by atoms with E-state index in [-0.39, 0.29) is 18.7 Å². The maximum Gasteiger partial charge on any atom is 0.254 e. The Hall–Kier alpha value is -2.60. The highest BCUT2D eigenvalue weighted by atomic mass is 16.7. The SMILES string of the molecule is O=C(c1ccc2c(c1)OCO2)N1C[C@@H]2CC[C@H]1CN(Cc1ccccn1)C2. The van der Waals surface area contributed by atoms with Crippen LogP contribution in [0.5, 0.6) is 11.5 Å². The van der Waals surface area contributed by atoms with Gasteiger partial charge in [0.1, 0.15) is 0 Å². The van der Waals surface area contributed by atoms with Gasteiger partial charge in [0.2, 0.25) is 6.79 Å². The largest absolute Gasteiger partial charge is 0.454 e. The molecule has 2 bridgehead atoms. The van der Waals surface area contributed by atoms with E-state index in [0.29, 0.717) is 23.0 Å². The fourth-order valence-corrected chi connectivity index (χ4v) is 4.47. The van der Waals surface area contributed by atoms with Gasteiger partial charge in [0.05, 0.1) is 5.69 Å². The zero-order valence-corrected chi connectivity index (χ0v) is 15.2. The first kappa shape index (κ1) is 16.6. The lowest BCUT2D eigenvalue weighted by molar-refractivity contribution is 0.0584. The maximum atomic E-state index is 13.2. The summed E-state index contributed by atoms with van der Waals surface area (Å²) in [7, 11) is 0. The molecule has 140 valence electrons. The highest BCUT2D eigenvalue weighted by molar-refractivity contribution is 5.95. The minimum Gasteiger partial charge on any atom is -0.454 e. The molecule has 5 heterocycles. The van der Waals surface area contributed by atoms with Gasteiger partial charge in [-0.2, -0.15) is 0 Å². The third kappa shape index (κ3) is 3.25. The molecule has 0 N–H and O–H groups in total. The van der Waals surface area contributed by atoms with Gasteiger partial charge in [-0.1, -0.05) is 6.07 Å². The second-order valence-electron chi connectivity index (χ2n) is 7.64. The summed E-state index contributed by atoms with van der Waals surface area (Å²) in [5.41, 5.74) is 1.77. The quantitative estimate of drug-likeness (QED) is 0.837. The van der Waals surface area contributed by atoms with Gasteiger partial charge >= 0.3 is 0 Å². The number of aromatic nitrogens is 1. The third-order valence-electron chi connectivity index (χ3n) is 5.78. The Kier molecular flexibility index (Phi) is 4.20. The minimum absolute atomic E-state index is 0.0997. The summed E-state index contributed by atoms with van der Waals surface area (Å²) in [5.74, 6) is 2.00. The maximum absolute atomic E-state index is 13.2. The lowest BCUT2D eigenvalue weighted by Gasteiger charge is -2.36. The van der Waals surface area contributed by atoms with Crippen LogP contribution in [0.2, 0.25) is 0 Å². The van der Waals surface area contributed by atoms with Crippen LogP contribution in [0.3, 0.4) is 0 Å². The Morgan fingerprint density at radius 1 is 1.07 bits per heavy atom. The number of hydrogen-bond donors (Lipinski definition) is 0. The molecule has 0 unspecified atom stereocenters. The molecule has 4 aliphatic rings. The van der Waals surface area contributed by atoms with Crippen molar-refractivity contribution in [3.63, 3.8) is 0 Å². The highest BCUT2D eigenvalue weighted by Crippen LogP contribution is 2.34. The van der Waals surface area contributed by atoms with Crippen molar-refractivity contribution in [2.75, 3.05) is 26.4 Å². The van der Waals surface area contributed by atoms with Crippen LogP contribution in [-0.2, 0) is 6.54 Å². The molecule has 0 aliphatic carbocycles. The first-order chi connectivity index (χ1) is 13.3. The summed E-state index contributed by atoms with van der Waals surface area (Å²) < 4.78 is 10.8. The van der Waals surface area contributed by atoms with Crippen LogP contribution in [0, 0.1) is 5.92 Å². The van der Waals surface area contributed by atoms with Gasteiger partial charge in [-0.25, -0.2) is 0 Å². The van der Waals surface area contributed by atoms with Crippen molar-refractivity contribution in [1.29, 1.82) is 0 Å². The molecule has 6 rings (SSSR count). The van der Waals surface area contributed by atoms with Gasteiger partial charge < -0.3 is 14.4 Å². The fourth-order valence-electron chi connectivity index (χ4n) is 4.47. The van der Waals surface area contributed by atoms with E-state index < -0.39 is 0 Å². The van der Waals surface area contributed by atoms with E-state index in [9.17, 15) is 4.79 Å². The van der Waals surface area contributed by atoms with Gasteiger partial charge in [-0.05, 0) is 49.1 Å². The Bertz CT molecular complexity index is 842. The van der Waals surface area contributed by atoms with Crippen molar-refractivity contribution in [3.8, 4) is 11.5 Å². The van der Waals surface area contributed by atoms with Crippen molar-refractivity contribution in [3.05, 3.63) is 53.9 Å². The first-order valence-electron chi connectivity index (χ1n) is 9.59. The number of benzene rings is 1. The molecule has 1 aromatic carbocycles. The lowest BCUT2D eigenvalue weighted by Crippen LogP contribution is -2.47. The molecule has 1 amide bonds. The van der Waals surface area contributed by atoms with E-state index in [2.05, 4.69) is 20.9 Å². The Morgan fingerprint density at radius 3 is 2.89 bits per heavy atom. The summed E-state index contributed by atoms with van der Waals surface area (Å²) in [4.78, 5) is 22.2. The second-order valence-corrected chi connectivity index (χ2v) is 7.64. The van der Waals surface area contributed by atoms with E-state index >= 15 is 0 Å². The van der Waals surface area contributed by atoms with Crippen molar-refractivity contribution in [1.82, 2.24) is 14.8 Å². The molecule has 6 nitrogen and oxygen atoms in total. The van der Waals surface area contributed by atoms with Crippen molar-refractivity contribution in [2.24, 2.45) is 5.92 Å². The Balaban J connectivity index is 1.33. The number of pyridine rings is 1. The van der Waals surface area contributed by atoms with Gasteiger partial charge in [0, 0.05) is 44.0 Å². The van der Waals surface area contributed by atoms with Crippen LogP contribution < -0.4 is 9.47 Å². The number of ether oxygens (including phenoxy) is 2. The summed E-state index contributed by atoms with van der Waals surface area (Å²) in [6.45, 7) is 3.84. The number of carbonyl (C=O) groups is 1. The lowest BCUT2D eigenvalue weighted by atomic mass is 9.94. The molecule has 4 aliphatic heterocycles. The van der Waals surface area contributed by atoms with Crippen LogP contribution in [0.15, 0.2) is 42.6 Å². The fraction of sp³-hybridized carbons (Fsp3) is 0.429. The molecule has 0 spiro atoms. The van der Waals surface area contributed by atoms with Crippen LogP contribution in [0.4, 0.5) is 0 Å². The molecular weight excluding hydrogens is 342 g/mol. The molecule has 2 atom stereocenters.